The van der Waals surface area contributed by atoms with Gasteiger partial charge in [-0.15, -0.1) is 0 Å². The molecule has 6 atom stereocenters. The van der Waals surface area contributed by atoms with Crippen LogP contribution in [0.4, 0.5) is 5.82 Å². The van der Waals surface area contributed by atoms with E-state index in [4.69, 9.17) is 24.1 Å². The van der Waals surface area contributed by atoms with Gasteiger partial charge in [0, 0.05) is 5.56 Å². The van der Waals surface area contributed by atoms with Crippen LogP contribution in [0.3, 0.4) is 0 Å². The molecule has 0 spiro atoms. The molecule has 1 aliphatic heterocycles. The summed E-state index contributed by atoms with van der Waals surface area (Å²) in [6.07, 6.45) is -0.691. The summed E-state index contributed by atoms with van der Waals surface area (Å²) in [5, 5.41) is 21.9. The van der Waals surface area contributed by atoms with Gasteiger partial charge in [0.25, 0.3) is 0 Å². The average Bonchev–Trinajstić information content (AvgIpc) is 3.37. The molecular weight excluding hydrogens is 495 g/mol. The van der Waals surface area contributed by atoms with E-state index < -0.39 is 44.1 Å². The fourth-order valence-corrected chi connectivity index (χ4v) is 4.54. The fraction of sp³-hybridized carbons (Fsp3) is 0.409. The highest BCUT2D eigenvalue weighted by Crippen LogP contribution is 2.44. The number of nitrogen functional groups attached to an aromatic ring is 1. The van der Waals surface area contributed by atoms with Crippen LogP contribution in [0.2, 0.25) is 0 Å². The molecular formula is C22H25N4O9P. The highest BCUT2D eigenvalue weighted by Gasteiger charge is 2.54. The van der Waals surface area contributed by atoms with Gasteiger partial charge in [0.15, 0.2) is 23.2 Å². The van der Waals surface area contributed by atoms with Crippen LogP contribution >= 0.6 is 8.17 Å². The molecule has 3 heterocycles. The molecule has 4 rings (SSSR count). The number of methoxy groups -OCH3 is 1. The number of ether oxygens (including phenoxy) is 3. The first kappa shape index (κ1) is 25.7. The summed E-state index contributed by atoms with van der Waals surface area (Å²) in [6.45, 7) is 2.67. The minimum Gasteiger partial charge on any atom is -0.575 e. The number of hydrogen-bond donors (Lipinski definition) is 3. The Balaban J connectivity index is 1.49. The summed E-state index contributed by atoms with van der Waals surface area (Å²) < 4.78 is 30.9. The molecule has 13 nitrogen and oxygen atoms in total. The summed E-state index contributed by atoms with van der Waals surface area (Å²) in [6, 6.07) is 5.38. The topological polar surface area (TPSA) is 195 Å². The number of para-hydroxylation sites is 2. The second-order valence-electron chi connectivity index (χ2n) is 8.25. The van der Waals surface area contributed by atoms with Crippen LogP contribution in [0.5, 0.6) is 11.5 Å². The SMILES string of the molecule is COC(=O)C(C)N=[P+]([O-])Oc1ccccc1OCC1OC(c2coc3c(N)ncnc23)C(C)(O)C1O. The Morgan fingerprint density at radius 2 is 2.08 bits per heavy atom. The molecule has 1 saturated heterocycles. The number of carbonyl (C=O) groups is 1. The Kier molecular flexibility index (Phi) is 7.38. The molecule has 3 aromatic rings. The van der Waals surface area contributed by atoms with Crippen molar-refractivity contribution in [1.29, 1.82) is 0 Å². The smallest absolute Gasteiger partial charge is 0.395 e. The lowest BCUT2D eigenvalue weighted by Crippen LogP contribution is -2.43. The van der Waals surface area contributed by atoms with Gasteiger partial charge >= 0.3 is 14.1 Å². The quantitative estimate of drug-likeness (QED) is 0.284. The first-order chi connectivity index (χ1) is 17.1. The number of hydrogen-bond acceptors (Lipinski definition) is 13. The van der Waals surface area contributed by atoms with Crippen molar-refractivity contribution in [3.8, 4) is 11.5 Å². The van der Waals surface area contributed by atoms with E-state index in [-0.39, 0.29) is 29.5 Å². The van der Waals surface area contributed by atoms with Crippen molar-refractivity contribution >= 4 is 31.1 Å². The van der Waals surface area contributed by atoms with E-state index in [1.807, 2.05) is 0 Å². The number of nitrogens with two attached hydrogens (primary N) is 1. The molecule has 1 aliphatic rings. The minimum atomic E-state index is -2.61. The van der Waals surface area contributed by atoms with Crippen molar-refractivity contribution in [2.24, 2.45) is 4.74 Å². The van der Waals surface area contributed by atoms with Gasteiger partial charge in [-0.2, -0.15) is 0 Å². The lowest BCUT2D eigenvalue weighted by atomic mass is 9.89. The maximum absolute atomic E-state index is 12.3. The van der Waals surface area contributed by atoms with Gasteiger partial charge in [-0.1, -0.05) is 16.9 Å². The monoisotopic (exact) mass is 520 g/mol. The van der Waals surface area contributed by atoms with Gasteiger partial charge in [-0.3, -0.25) is 4.52 Å². The normalized spacial score (nSPS) is 25.1. The first-order valence-electron chi connectivity index (χ1n) is 10.8. The van der Waals surface area contributed by atoms with Gasteiger partial charge in [0.1, 0.15) is 42.4 Å². The van der Waals surface area contributed by atoms with Crippen LogP contribution in [0, 0.1) is 0 Å². The Morgan fingerprint density at radius 1 is 1.36 bits per heavy atom. The van der Waals surface area contributed by atoms with Gasteiger partial charge < -0.3 is 39.5 Å². The van der Waals surface area contributed by atoms with E-state index in [9.17, 15) is 19.9 Å². The van der Waals surface area contributed by atoms with Crippen LogP contribution in [0.1, 0.15) is 25.5 Å². The third-order valence-corrected chi connectivity index (χ3v) is 6.61. The highest BCUT2D eigenvalue weighted by atomic mass is 31.1. The second-order valence-corrected chi connectivity index (χ2v) is 9.14. The number of benzene rings is 1. The zero-order valence-electron chi connectivity index (χ0n) is 19.6. The summed E-state index contributed by atoms with van der Waals surface area (Å²) in [5.41, 5.74) is 5.10. The highest BCUT2D eigenvalue weighted by molar-refractivity contribution is 7.34. The van der Waals surface area contributed by atoms with Crippen LogP contribution in [0.15, 0.2) is 46.0 Å². The number of carbonyl (C=O) groups excluding carboxylic acids is 1. The average molecular weight is 520 g/mol. The molecule has 0 amide bonds. The lowest BCUT2D eigenvalue weighted by molar-refractivity contribution is -0.169. The van der Waals surface area contributed by atoms with E-state index >= 15 is 0 Å². The van der Waals surface area contributed by atoms with E-state index in [1.54, 1.807) is 18.2 Å². The summed E-state index contributed by atoms with van der Waals surface area (Å²) in [4.78, 5) is 31.8. The summed E-state index contributed by atoms with van der Waals surface area (Å²) in [7, 11) is -1.41. The van der Waals surface area contributed by atoms with Gasteiger partial charge in [-0.25, -0.2) is 14.8 Å². The number of anilines is 1. The maximum Gasteiger partial charge on any atom is 0.395 e. The zero-order chi connectivity index (χ0) is 26.0. The Labute approximate surface area is 206 Å². The largest absolute Gasteiger partial charge is 0.575 e. The van der Waals surface area contributed by atoms with E-state index in [2.05, 4.69) is 19.4 Å². The van der Waals surface area contributed by atoms with Gasteiger partial charge in [-0.05, 0) is 26.0 Å². The molecule has 0 aliphatic carbocycles. The molecule has 0 saturated carbocycles. The molecule has 1 fully saturated rings. The summed E-state index contributed by atoms with van der Waals surface area (Å²) >= 11 is 0. The number of nitrogens with zero attached hydrogens (tertiary/aromatic N) is 3. The molecule has 1 aromatic carbocycles. The second kappa shape index (κ2) is 10.3. The third kappa shape index (κ3) is 4.97. The standard InChI is InChI=1S/C22H25N4O9P/c1-11(21(28)31-3)26-36(30)35-14-7-5-4-6-13(14)32-9-15-18(27)22(2,29)19(34-15)12-8-33-17-16(12)24-10-25-20(17)23/h4-8,10-11,15,18-19,27,29H,9H2,1-3H3,(H2,23,24,25). The van der Waals surface area contributed by atoms with E-state index in [0.717, 1.165) is 0 Å². The van der Waals surface area contributed by atoms with Gasteiger partial charge in [0.05, 0.1) is 13.4 Å². The van der Waals surface area contributed by atoms with E-state index in [1.165, 1.54) is 39.6 Å². The van der Waals surface area contributed by atoms with Crippen molar-refractivity contribution in [2.45, 2.75) is 43.8 Å². The third-order valence-electron chi connectivity index (χ3n) is 5.72. The number of rotatable bonds is 8. The molecule has 0 radical (unpaired) electrons. The minimum absolute atomic E-state index is 0.100. The van der Waals surface area contributed by atoms with Crippen LogP contribution in [0.25, 0.3) is 11.1 Å². The molecule has 192 valence electrons. The Morgan fingerprint density at radius 3 is 2.81 bits per heavy atom. The van der Waals surface area contributed by atoms with E-state index in [0.29, 0.717) is 11.1 Å². The molecule has 14 heteroatoms. The number of aliphatic hydroxyl groups excluding tert-OH is 1. The number of esters is 1. The van der Waals surface area contributed by atoms with Crippen molar-refractivity contribution in [1.82, 2.24) is 9.97 Å². The Hall–Kier alpha value is -3.35. The van der Waals surface area contributed by atoms with Crippen LogP contribution in [-0.4, -0.2) is 63.7 Å². The van der Waals surface area contributed by atoms with Crippen molar-refractivity contribution < 1.29 is 43.1 Å². The molecule has 2 aromatic heterocycles. The number of fused-ring (bicyclic) bond motifs is 1. The number of furan rings is 1. The van der Waals surface area contributed by atoms with Crippen molar-refractivity contribution in [3.63, 3.8) is 0 Å². The Bertz CT molecular complexity index is 1280. The molecule has 0 bridgehead atoms. The van der Waals surface area contributed by atoms with Gasteiger partial charge in [0.2, 0.25) is 5.75 Å². The van der Waals surface area contributed by atoms with Crippen LogP contribution in [-0.2, 0) is 14.3 Å². The molecule has 4 N–H and O–H groups in total. The first-order valence-corrected chi connectivity index (χ1v) is 12.0. The number of aromatic nitrogens is 2. The van der Waals surface area contributed by atoms with Crippen molar-refractivity contribution in [2.75, 3.05) is 19.5 Å². The van der Waals surface area contributed by atoms with Crippen molar-refractivity contribution in [3.05, 3.63) is 42.4 Å². The summed E-state index contributed by atoms with van der Waals surface area (Å²) in [5.74, 6) is -0.231. The predicted molar refractivity (Wildman–Crippen MR) is 124 cm³/mol. The molecule has 36 heavy (non-hydrogen) atoms. The fourth-order valence-electron chi connectivity index (χ4n) is 3.79. The molecule has 6 unspecified atom stereocenters. The number of aliphatic hydroxyl groups is 2. The van der Waals surface area contributed by atoms with Crippen LogP contribution < -0.4 is 19.9 Å². The maximum atomic E-state index is 12.3. The lowest BCUT2D eigenvalue weighted by Gasteiger charge is -2.25. The predicted octanol–water partition coefficient (Wildman–Crippen LogP) is 1.23. The zero-order valence-corrected chi connectivity index (χ0v) is 20.5.